The molecular formula is C13H22N4O. The number of anilines is 1. The van der Waals surface area contributed by atoms with Crippen molar-refractivity contribution in [1.82, 2.24) is 15.3 Å². The van der Waals surface area contributed by atoms with Crippen LogP contribution >= 0.6 is 0 Å². The van der Waals surface area contributed by atoms with Gasteiger partial charge in [0.1, 0.15) is 11.6 Å². The number of aromatic nitrogens is 2. The molecule has 0 spiro atoms. The van der Waals surface area contributed by atoms with Crippen molar-refractivity contribution in [3.05, 3.63) is 11.9 Å². The van der Waals surface area contributed by atoms with Gasteiger partial charge in [0, 0.05) is 19.2 Å². The van der Waals surface area contributed by atoms with Gasteiger partial charge < -0.3 is 15.4 Å². The molecule has 1 aromatic rings. The third-order valence-electron chi connectivity index (χ3n) is 3.41. The highest BCUT2D eigenvalue weighted by Crippen LogP contribution is 2.25. The number of nitrogens with zero attached hydrogens (tertiary/aromatic N) is 2. The second kappa shape index (κ2) is 5.52. The van der Waals surface area contributed by atoms with E-state index in [1.165, 1.54) is 12.8 Å². The molecule has 0 aromatic carbocycles. The molecule has 1 atom stereocenters. The molecule has 1 aliphatic rings. The maximum absolute atomic E-state index is 5.15. The largest absolute Gasteiger partial charge is 0.481 e. The molecule has 0 bridgehead atoms. The van der Waals surface area contributed by atoms with E-state index in [0.29, 0.717) is 11.3 Å². The summed E-state index contributed by atoms with van der Waals surface area (Å²) in [5.74, 6) is 2.17. The maximum Gasteiger partial charge on any atom is 0.218 e. The van der Waals surface area contributed by atoms with E-state index in [1.54, 1.807) is 7.11 Å². The molecule has 1 aliphatic heterocycles. The molecule has 0 radical (unpaired) electrons. The second-order valence-electron chi connectivity index (χ2n) is 5.29. The highest BCUT2D eigenvalue weighted by molar-refractivity contribution is 5.38. The van der Waals surface area contributed by atoms with Crippen LogP contribution in [0.25, 0.3) is 0 Å². The summed E-state index contributed by atoms with van der Waals surface area (Å²) in [6, 6.07) is 1.84. The molecule has 1 unspecified atom stereocenters. The average Bonchev–Trinajstić information content (AvgIpc) is 2.37. The number of nitrogens with one attached hydrogen (secondary N) is 2. The molecule has 1 saturated heterocycles. The molecule has 2 rings (SSSR count). The van der Waals surface area contributed by atoms with E-state index in [0.717, 1.165) is 31.3 Å². The zero-order valence-electron chi connectivity index (χ0n) is 11.4. The highest BCUT2D eigenvalue weighted by Gasteiger charge is 2.26. The van der Waals surface area contributed by atoms with Gasteiger partial charge in [0.25, 0.3) is 0 Å². The Morgan fingerprint density at radius 3 is 3.00 bits per heavy atom. The zero-order chi connectivity index (χ0) is 13.0. The lowest BCUT2D eigenvalue weighted by atomic mass is 9.83. The molecule has 1 fully saturated rings. The Bertz CT molecular complexity index is 402. The lowest BCUT2D eigenvalue weighted by Crippen LogP contribution is -2.42. The Labute approximate surface area is 108 Å². The van der Waals surface area contributed by atoms with E-state index in [4.69, 9.17) is 4.74 Å². The fourth-order valence-corrected chi connectivity index (χ4v) is 2.31. The van der Waals surface area contributed by atoms with Crippen LogP contribution in [0.2, 0.25) is 0 Å². The summed E-state index contributed by atoms with van der Waals surface area (Å²) in [4.78, 5) is 8.55. The van der Waals surface area contributed by atoms with E-state index < -0.39 is 0 Å². The number of hydrogen-bond acceptors (Lipinski definition) is 5. The Kier molecular flexibility index (Phi) is 4.01. The first-order valence-corrected chi connectivity index (χ1v) is 6.46. The van der Waals surface area contributed by atoms with Crippen LogP contribution < -0.4 is 15.4 Å². The molecule has 1 aromatic heterocycles. The molecule has 0 amide bonds. The third-order valence-corrected chi connectivity index (χ3v) is 3.41. The molecule has 100 valence electrons. The van der Waals surface area contributed by atoms with Gasteiger partial charge in [-0.15, -0.1) is 0 Å². The molecule has 2 heterocycles. The van der Waals surface area contributed by atoms with Crippen molar-refractivity contribution in [3.63, 3.8) is 0 Å². The number of ether oxygens (including phenoxy) is 1. The predicted octanol–water partition coefficient (Wildman–Crippen LogP) is 1.60. The Morgan fingerprint density at radius 2 is 2.33 bits per heavy atom. The normalized spacial score (nSPS) is 23.7. The fourth-order valence-electron chi connectivity index (χ4n) is 2.31. The first-order valence-electron chi connectivity index (χ1n) is 6.46. The van der Waals surface area contributed by atoms with Crippen LogP contribution in [0.1, 0.15) is 25.6 Å². The van der Waals surface area contributed by atoms with Crippen LogP contribution in [0.15, 0.2) is 6.07 Å². The van der Waals surface area contributed by atoms with Crippen LogP contribution in [0, 0.1) is 12.3 Å². The van der Waals surface area contributed by atoms with Crippen molar-refractivity contribution >= 4 is 5.82 Å². The van der Waals surface area contributed by atoms with E-state index in [-0.39, 0.29) is 0 Å². The number of hydrogen-bond donors (Lipinski definition) is 2. The lowest BCUT2D eigenvalue weighted by Gasteiger charge is -2.34. The van der Waals surface area contributed by atoms with Crippen LogP contribution in [0.3, 0.4) is 0 Å². The minimum Gasteiger partial charge on any atom is -0.481 e. The number of methoxy groups -OCH3 is 1. The van der Waals surface area contributed by atoms with Gasteiger partial charge >= 0.3 is 0 Å². The lowest BCUT2D eigenvalue weighted by molar-refractivity contribution is 0.253. The Hall–Kier alpha value is -1.36. The van der Waals surface area contributed by atoms with Crippen LogP contribution in [-0.4, -0.2) is 36.7 Å². The third kappa shape index (κ3) is 3.32. The Balaban J connectivity index is 1.98. The summed E-state index contributed by atoms with van der Waals surface area (Å²) in [6.45, 7) is 7.28. The number of piperidine rings is 1. The molecule has 5 nitrogen and oxygen atoms in total. The van der Waals surface area contributed by atoms with E-state index >= 15 is 0 Å². The van der Waals surface area contributed by atoms with Crippen LogP contribution in [-0.2, 0) is 0 Å². The predicted molar refractivity (Wildman–Crippen MR) is 72.0 cm³/mol. The SMILES string of the molecule is COc1cc(NCC2(C)CCCNC2)nc(C)n1. The monoisotopic (exact) mass is 250 g/mol. The molecule has 18 heavy (non-hydrogen) atoms. The number of aryl methyl sites for hydroxylation is 1. The Morgan fingerprint density at radius 1 is 1.50 bits per heavy atom. The summed E-state index contributed by atoms with van der Waals surface area (Å²) >= 11 is 0. The van der Waals surface area contributed by atoms with Gasteiger partial charge in [-0.05, 0) is 31.7 Å². The first kappa shape index (κ1) is 13.1. The smallest absolute Gasteiger partial charge is 0.218 e. The molecule has 0 saturated carbocycles. The summed E-state index contributed by atoms with van der Waals surface area (Å²) in [5.41, 5.74) is 0.296. The van der Waals surface area contributed by atoms with Crippen molar-refractivity contribution < 1.29 is 4.74 Å². The second-order valence-corrected chi connectivity index (χ2v) is 5.29. The quantitative estimate of drug-likeness (QED) is 0.850. The molecule has 0 aliphatic carbocycles. The van der Waals surface area contributed by atoms with Crippen molar-refractivity contribution in [1.29, 1.82) is 0 Å². The molecule has 5 heteroatoms. The van der Waals surface area contributed by atoms with Crippen molar-refractivity contribution in [2.24, 2.45) is 5.41 Å². The fraction of sp³-hybridized carbons (Fsp3) is 0.692. The maximum atomic E-state index is 5.15. The van der Waals surface area contributed by atoms with E-state index in [9.17, 15) is 0 Å². The molecule has 2 N–H and O–H groups in total. The standard InChI is InChI=1S/C13H22N4O/c1-10-16-11(7-12(17-10)18-3)15-9-13(2)5-4-6-14-8-13/h7,14H,4-6,8-9H2,1-3H3,(H,15,16,17). The molecular weight excluding hydrogens is 228 g/mol. The topological polar surface area (TPSA) is 59.1 Å². The van der Waals surface area contributed by atoms with Gasteiger partial charge in [0.05, 0.1) is 7.11 Å². The van der Waals surface area contributed by atoms with Crippen LogP contribution in [0.5, 0.6) is 5.88 Å². The number of rotatable bonds is 4. The van der Waals surface area contributed by atoms with Gasteiger partial charge in [0.2, 0.25) is 5.88 Å². The van der Waals surface area contributed by atoms with E-state index in [2.05, 4.69) is 27.5 Å². The first-order chi connectivity index (χ1) is 8.61. The van der Waals surface area contributed by atoms with Gasteiger partial charge in [-0.3, -0.25) is 0 Å². The van der Waals surface area contributed by atoms with Gasteiger partial charge in [-0.1, -0.05) is 6.92 Å². The van der Waals surface area contributed by atoms with Crippen molar-refractivity contribution in [2.75, 3.05) is 32.1 Å². The van der Waals surface area contributed by atoms with Crippen LogP contribution in [0.4, 0.5) is 5.82 Å². The average molecular weight is 250 g/mol. The van der Waals surface area contributed by atoms with E-state index in [1.807, 2.05) is 13.0 Å². The summed E-state index contributed by atoms with van der Waals surface area (Å²) in [6.07, 6.45) is 2.48. The summed E-state index contributed by atoms with van der Waals surface area (Å²) < 4.78 is 5.15. The highest BCUT2D eigenvalue weighted by atomic mass is 16.5. The van der Waals surface area contributed by atoms with Gasteiger partial charge in [-0.2, -0.15) is 4.98 Å². The van der Waals surface area contributed by atoms with Crippen molar-refractivity contribution in [2.45, 2.75) is 26.7 Å². The van der Waals surface area contributed by atoms with Crippen molar-refractivity contribution in [3.8, 4) is 5.88 Å². The van der Waals surface area contributed by atoms with Gasteiger partial charge in [-0.25, -0.2) is 4.98 Å². The minimum absolute atomic E-state index is 0.296. The van der Waals surface area contributed by atoms with Gasteiger partial charge in [0.15, 0.2) is 0 Å². The minimum atomic E-state index is 0.296. The summed E-state index contributed by atoms with van der Waals surface area (Å²) in [7, 11) is 1.62. The summed E-state index contributed by atoms with van der Waals surface area (Å²) in [5, 5.41) is 6.85. The zero-order valence-corrected chi connectivity index (χ0v) is 11.4.